The Bertz CT molecular complexity index is 2370. The van der Waals surface area contributed by atoms with Crippen LogP contribution in [0, 0.1) is 0 Å². The number of allylic oxidation sites excluding steroid dienone is 4. The number of aromatic nitrogens is 3. The van der Waals surface area contributed by atoms with Crippen LogP contribution >= 0.6 is 0 Å². The lowest BCUT2D eigenvalue weighted by Gasteiger charge is -2.36. The standard InChI is InChI=1S/C46H31N3O/c1-5-15-30(16-6-1)43-47-44(31-17-7-2-8-18-31)49-45(48-43)32-25-26-41-37(27-32)38-28-36-35-23-13-14-24-39(35)46(33-19-9-3-10-20-33,34-21-11-4-12-22-34)40(36)29-42(38)50-41/h1-27,29,38H,28H2. The van der Waals surface area contributed by atoms with E-state index < -0.39 is 5.41 Å². The van der Waals surface area contributed by atoms with E-state index in [1.807, 2.05) is 60.7 Å². The summed E-state index contributed by atoms with van der Waals surface area (Å²) in [7, 11) is 0. The van der Waals surface area contributed by atoms with Crippen molar-refractivity contribution in [1.29, 1.82) is 0 Å². The van der Waals surface area contributed by atoms with Crippen LogP contribution in [0.3, 0.4) is 0 Å². The second kappa shape index (κ2) is 11.4. The summed E-state index contributed by atoms with van der Waals surface area (Å²) in [5.41, 5.74) is 11.4. The normalized spacial score (nSPS) is 16.5. The third kappa shape index (κ3) is 4.35. The van der Waals surface area contributed by atoms with E-state index in [-0.39, 0.29) is 5.92 Å². The van der Waals surface area contributed by atoms with E-state index in [1.54, 1.807) is 0 Å². The quantitative estimate of drug-likeness (QED) is 0.188. The van der Waals surface area contributed by atoms with Crippen molar-refractivity contribution in [2.45, 2.75) is 17.8 Å². The zero-order valence-electron chi connectivity index (χ0n) is 27.2. The van der Waals surface area contributed by atoms with Gasteiger partial charge < -0.3 is 4.74 Å². The molecule has 50 heavy (non-hydrogen) atoms. The highest BCUT2D eigenvalue weighted by Crippen LogP contribution is 2.61. The molecule has 0 fully saturated rings. The predicted molar refractivity (Wildman–Crippen MR) is 198 cm³/mol. The molecule has 1 aliphatic heterocycles. The summed E-state index contributed by atoms with van der Waals surface area (Å²) in [5.74, 6) is 3.92. The highest BCUT2D eigenvalue weighted by Gasteiger charge is 2.50. The van der Waals surface area contributed by atoms with Gasteiger partial charge in [0.1, 0.15) is 11.5 Å². The van der Waals surface area contributed by atoms with E-state index in [1.165, 1.54) is 33.4 Å². The summed E-state index contributed by atoms with van der Waals surface area (Å²) in [5, 5.41) is 0. The SMILES string of the molecule is C1=C2Oc3ccc(-c4nc(-c5ccccc5)nc(-c5ccccc5)n4)cc3C2CC2=C1C(c1ccccc1)(c1ccccc1)c1ccccc12. The molecule has 236 valence electrons. The molecule has 3 aliphatic rings. The van der Waals surface area contributed by atoms with Gasteiger partial charge in [0, 0.05) is 28.2 Å². The maximum atomic E-state index is 6.73. The number of ether oxygens (including phenoxy) is 1. The molecule has 1 atom stereocenters. The molecule has 10 rings (SSSR count). The van der Waals surface area contributed by atoms with Gasteiger partial charge in [0.15, 0.2) is 17.5 Å². The lowest BCUT2D eigenvalue weighted by atomic mass is 9.66. The molecule has 7 aromatic rings. The molecule has 0 N–H and O–H groups in total. The summed E-state index contributed by atoms with van der Waals surface area (Å²) in [6.45, 7) is 0. The smallest absolute Gasteiger partial charge is 0.164 e. The van der Waals surface area contributed by atoms with Gasteiger partial charge >= 0.3 is 0 Å². The fraction of sp³-hybridized carbons (Fsp3) is 0.0652. The topological polar surface area (TPSA) is 47.9 Å². The van der Waals surface area contributed by atoms with Crippen LogP contribution in [0.5, 0.6) is 5.75 Å². The molecule has 1 aromatic heterocycles. The average molecular weight is 642 g/mol. The first-order valence-corrected chi connectivity index (χ1v) is 17.1. The van der Waals surface area contributed by atoms with Crippen LogP contribution in [-0.2, 0) is 5.41 Å². The van der Waals surface area contributed by atoms with Crippen LogP contribution in [0.15, 0.2) is 181 Å². The first-order valence-electron chi connectivity index (χ1n) is 17.1. The Morgan fingerprint density at radius 3 is 1.64 bits per heavy atom. The van der Waals surface area contributed by atoms with Gasteiger partial charge in [-0.25, -0.2) is 15.0 Å². The Labute approximate surface area is 291 Å². The molecule has 0 spiro atoms. The van der Waals surface area contributed by atoms with E-state index in [2.05, 4.69) is 109 Å². The third-order valence-corrected chi connectivity index (χ3v) is 10.4. The van der Waals surface area contributed by atoms with Gasteiger partial charge in [-0.3, -0.25) is 0 Å². The summed E-state index contributed by atoms with van der Waals surface area (Å²) in [6.07, 6.45) is 3.19. The minimum atomic E-state index is -0.442. The minimum Gasteiger partial charge on any atom is -0.461 e. The van der Waals surface area contributed by atoms with Gasteiger partial charge in [-0.1, -0.05) is 146 Å². The Morgan fingerprint density at radius 2 is 1.04 bits per heavy atom. The van der Waals surface area contributed by atoms with Crippen molar-refractivity contribution >= 4 is 5.57 Å². The maximum Gasteiger partial charge on any atom is 0.164 e. The van der Waals surface area contributed by atoms with Crippen LogP contribution in [0.2, 0.25) is 0 Å². The van der Waals surface area contributed by atoms with Crippen molar-refractivity contribution in [2.24, 2.45) is 0 Å². The summed E-state index contributed by atoms with van der Waals surface area (Å²) in [4.78, 5) is 14.9. The summed E-state index contributed by atoms with van der Waals surface area (Å²) in [6, 6.07) is 57.4. The van der Waals surface area contributed by atoms with Gasteiger partial charge in [-0.05, 0) is 64.1 Å². The fourth-order valence-corrected chi connectivity index (χ4v) is 8.20. The molecule has 6 aromatic carbocycles. The Morgan fingerprint density at radius 1 is 0.520 bits per heavy atom. The predicted octanol–water partition coefficient (Wildman–Crippen LogP) is 10.4. The molecule has 4 nitrogen and oxygen atoms in total. The molecule has 0 bridgehead atoms. The molecule has 2 aliphatic carbocycles. The zero-order chi connectivity index (χ0) is 33.1. The molecule has 0 radical (unpaired) electrons. The fourth-order valence-electron chi connectivity index (χ4n) is 8.20. The Kier molecular flexibility index (Phi) is 6.50. The number of fused-ring (bicyclic) bond motifs is 5. The molecule has 4 heteroatoms. The first kappa shape index (κ1) is 28.6. The molecule has 1 unspecified atom stereocenters. The number of nitrogens with zero attached hydrogens (tertiary/aromatic N) is 3. The number of hydrogen-bond acceptors (Lipinski definition) is 4. The van der Waals surface area contributed by atoms with E-state index in [9.17, 15) is 0 Å². The van der Waals surface area contributed by atoms with Crippen LogP contribution in [0.4, 0.5) is 0 Å². The van der Waals surface area contributed by atoms with Gasteiger partial charge in [0.2, 0.25) is 0 Å². The number of benzene rings is 6. The van der Waals surface area contributed by atoms with Gasteiger partial charge in [-0.15, -0.1) is 0 Å². The third-order valence-electron chi connectivity index (χ3n) is 10.4. The number of rotatable bonds is 5. The maximum absolute atomic E-state index is 6.73. The van der Waals surface area contributed by atoms with Gasteiger partial charge in [0.25, 0.3) is 0 Å². The molecular weight excluding hydrogens is 611 g/mol. The van der Waals surface area contributed by atoms with Crippen LogP contribution in [0.1, 0.15) is 40.2 Å². The largest absolute Gasteiger partial charge is 0.461 e. The molecule has 2 heterocycles. The lowest BCUT2D eigenvalue weighted by Crippen LogP contribution is -2.30. The van der Waals surface area contributed by atoms with Crippen molar-refractivity contribution in [3.63, 3.8) is 0 Å². The number of hydrogen-bond donors (Lipinski definition) is 0. The van der Waals surface area contributed by atoms with Crippen molar-refractivity contribution in [3.8, 4) is 39.9 Å². The lowest BCUT2D eigenvalue weighted by molar-refractivity contribution is 0.424. The first-order chi connectivity index (χ1) is 24.8. The van der Waals surface area contributed by atoms with Crippen LogP contribution < -0.4 is 4.74 Å². The van der Waals surface area contributed by atoms with Gasteiger partial charge in [-0.2, -0.15) is 0 Å². The van der Waals surface area contributed by atoms with E-state index in [0.29, 0.717) is 17.5 Å². The minimum absolute atomic E-state index is 0.0862. The monoisotopic (exact) mass is 641 g/mol. The Balaban J connectivity index is 1.11. The summed E-state index contributed by atoms with van der Waals surface area (Å²) < 4.78 is 6.73. The molecule has 0 saturated heterocycles. The highest BCUT2D eigenvalue weighted by atomic mass is 16.5. The van der Waals surface area contributed by atoms with Crippen molar-refractivity contribution in [2.75, 3.05) is 0 Å². The highest BCUT2D eigenvalue weighted by molar-refractivity contribution is 5.89. The van der Waals surface area contributed by atoms with Gasteiger partial charge in [0.05, 0.1) is 5.41 Å². The molecular formula is C46H31N3O. The second-order valence-electron chi connectivity index (χ2n) is 13.1. The van der Waals surface area contributed by atoms with E-state index in [0.717, 1.165) is 40.2 Å². The average Bonchev–Trinajstić information content (AvgIpc) is 3.70. The molecule has 0 amide bonds. The van der Waals surface area contributed by atoms with Crippen molar-refractivity contribution in [1.82, 2.24) is 15.0 Å². The van der Waals surface area contributed by atoms with Crippen molar-refractivity contribution < 1.29 is 4.74 Å². The summed E-state index contributed by atoms with van der Waals surface area (Å²) >= 11 is 0. The van der Waals surface area contributed by atoms with Crippen molar-refractivity contribution in [3.05, 3.63) is 209 Å². The van der Waals surface area contributed by atoms with E-state index in [4.69, 9.17) is 19.7 Å². The zero-order valence-corrected chi connectivity index (χ0v) is 27.2. The Hall–Kier alpha value is -6.39. The van der Waals surface area contributed by atoms with Crippen LogP contribution in [-0.4, -0.2) is 15.0 Å². The molecule has 0 saturated carbocycles. The second-order valence-corrected chi connectivity index (χ2v) is 13.1. The van der Waals surface area contributed by atoms with E-state index >= 15 is 0 Å². The van der Waals surface area contributed by atoms with Crippen LogP contribution in [0.25, 0.3) is 39.7 Å².